The molecule has 0 aliphatic heterocycles. The number of rotatable bonds is 2. The summed E-state index contributed by atoms with van der Waals surface area (Å²) >= 11 is 0. The van der Waals surface area contributed by atoms with Gasteiger partial charge in [-0.3, -0.25) is 0 Å². The van der Waals surface area contributed by atoms with Crippen molar-refractivity contribution >= 4 is 0 Å². The van der Waals surface area contributed by atoms with Crippen LogP contribution in [-0.4, -0.2) is 20.0 Å². The number of hydrogen-bond donors (Lipinski definition) is 1. The Morgan fingerprint density at radius 2 is 1.38 bits per heavy atom. The minimum atomic E-state index is -1.75. The van der Waals surface area contributed by atoms with E-state index >= 15 is 0 Å². The highest BCUT2D eigenvalue weighted by molar-refractivity contribution is 4.27. The van der Waals surface area contributed by atoms with Gasteiger partial charge in [0.25, 0.3) is 0 Å². The summed E-state index contributed by atoms with van der Waals surface area (Å²) in [6.07, 6.45) is 0. The lowest BCUT2D eigenvalue weighted by atomic mass is 10.7. The lowest BCUT2D eigenvalue weighted by Gasteiger charge is -1.86. The Balaban J connectivity index is 0. The summed E-state index contributed by atoms with van der Waals surface area (Å²) in [5, 5.41) is 3.11. The number of nitrogens with one attached hydrogen (secondary N) is 1. The minimum Gasteiger partial charge on any atom is -0.317 e. The van der Waals surface area contributed by atoms with Crippen LogP contribution in [0.2, 0.25) is 0 Å². The van der Waals surface area contributed by atoms with Gasteiger partial charge in [0.2, 0.25) is 6.93 Å². The molecule has 0 aliphatic rings. The first kappa shape index (κ1) is 10.7. The average Bonchev–Trinajstić information content (AvgIpc) is 1.71. The maximum Gasteiger partial charge on any atom is 0.229 e. The molecule has 0 unspecified atom stereocenters. The molecule has 1 nitrogen and oxygen atoms in total. The summed E-state index contributed by atoms with van der Waals surface area (Å²) in [6, 6.07) is 0. The first-order valence-corrected chi connectivity index (χ1v) is 2.66. The number of hydrogen-bond acceptors (Lipinski definition) is 1. The summed E-state index contributed by atoms with van der Waals surface area (Å²) < 4.78 is 19.2. The molecule has 0 saturated heterocycles. The molecule has 0 rings (SSSR count). The second-order valence-corrected chi connectivity index (χ2v) is 1.06. The van der Waals surface area contributed by atoms with Gasteiger partial charge in [0.15, 0.2) is 0 Å². The topological polar surface area (TPSA) is 12.0 Å². The normalized spacial score (nSPS) is 7.50. The Kier molecular flexibility index (Phi) is 21.2. The van der Waals surface area contributed by atoms with Gasteiger partial charge < -0.3 is 5.32 Å². The van der Waals surface area contributed by atoms with E-state index in [0.717, 1.165) is 13.1 Å². The van der Waals surface area contributed by atoms with E-state index in [2.05, 4.69) is 19.2 Å². The highest BCUT2D eigenvalue weighted by atomic mass is 19.3. The Morgan fingerprint density at radius 3 is 1.38 bits per heavy atom. The van der Waals surface area contributed by atoms with Gasteiger partial charge in [-0.2, -0.15) is 0 Å². The summed E-state index contributed by atoms with van der Waals surface area (Å²) in [5.74, 6) is 0. The van der Waals surface area contributed by atoms with Crippen LogP contribution in [0.1, 0.15) is 13.8 Å². The van der Waals surface area contributed by atoms with E-state index in [9.17, 15) is 8.78 Å². The monoisotopic (exact) mass is 125 g/mol. The van der Waals surface area contributed by atoms with E-state index in [1.807, 2.05) is 0 Å². The lowest BCUT2D eigenvalue weighted by molar-refractivity contribution is 0.295. The summed E-state index contributed by atoms with van der Waals surface area (Å²) in [5.41, 5.74) is 0. The van der Waals surface area contributed by atoms with Crippen molar-refractivity contribution in [1.82, 2.24) is 5.32 Å². The molecule has 8 heavy (non-hydrogen) atoms. The number of alkyl halides is 2. The quantitative estimate of drug-likeness (QED) is 0.589. The van der Waals surface area contributed by atoms with Crippen LogP contribution in [0, 0.1) is 0 Å². The molecule has 0 bridgehead atoms. The Labute approximate surface area is 49.1 Å². The third-order valence-corrected chi connectivity index (χ3v) is 0.500. The summed E-state index contributed by atoms with van der Waals surface area (Å²) in [6.45, 7) is 4.64. The van der Waals surface area contributed by atoms with Crippen molar-refractivity contribution in [3.05, 3.63) is 0 Å². The van der Waals surface area contributed by atoms with Gasteiger partial charge in [-0.1, -0.05) is 13.8 Å². The Bertz CT molecular complexity index is 24.4. The van der Waals surface area contributed by atoms with Gasteiger partial charge in [0, 0.05) is 0 Å². The predicted octanol–water partition coefficient (Wildman–Crippen LogP) is 1.50. The predicted molar refractivity (Wildman–Crippen MR) is 31.3 cm³/mol. The van der Waals surface area contributed by atoms with Crippen LogP contribution in [0.15, 0.2) is 0 Å². The molecule has 0 heterocycles. The smallest absolute Gasteiger partial charge is 0.229 e. The molecule has 0 aromatic rings. The van der Waals surface area contributed by atoms with Crippen molar-refractivity contribution in [3.63, 3.8) is 0 Å². The molecule has 0 aromatic heterocycles. The molecule has 0 amide bonds. The zero-order valence-electron chi connectivity index (χ0n) is 5.38. The molecule has 1 N–H and O–H groups in total. The van der Waals surface area contributed by atoms with Crippen molar-refractivity contribution < 1.29 is 8.78 Å². The van der Waals surface area contributed by atoms with E-state index in [0.29, 0.717) is 0 Å². The van der Waals surface area contributed by atoms with Crippen LogP contribution >= 0.6 is 0 Å². The number of halogens is 2. The lowest BCUT2D eigenvalue weighted by Crippen LogP contribution is -2.09. The molecular formula is C5H13F2N. The van der Waals surface area contributed by atoms with E-state index in [1.165, 1.54) is 0 Å². The second-order valence-electron chi connectivity index (χ2n) is 1.06. The van der Waals surface area contributed by atoms with Crippen molar-refractivity contribution in [2.75, 3.05) is 20.0 Å². The van der Waals surface area contributed by atoms with Gasteiger partial charge in [-0.15, -0.1) is 0 Å². The molecule has 0 aliphatic carbocycles. The Hall–Kier alpha value is -0.180. The average molecular weight is 125 g/mol. The van der Waals surface area contributed by atoms with Crippen LogP contribution in [0.25, 0.3) is 0 Å². The van der Waals surface area contributed by atoms with E-state index in [4.69, 9.17) is 0 Å². The fourth-order valence-electron chi connectivity index (χ4n) is 0.250. The third-order valence-electron chi connectivity index (χ3n) is 0.500. The van der Waals surface area contributed by atoms with Crippen molar-refractivity contribution in [1.29, 1.82) is 0 Å². The van der Waals surface area contributed by atoms with Crippen molar-refractivity contribution in [2.24, 2.45) is 0 Å². The van der Waals surface area contributed by atoms with Crippen molar-refractivity contribution in [3.8, 4) is 0 Å². The summed E-state index contributed by atoms with van der Waals surface area (Å²) in [7, 11) is 0. The van der Waals surface area contributed by atoms with Crippen LogP contribution in [0.5, 0.6) is 0 Å². The Morgan fingerprint density at radius 1 is 1.12 bits per heavy atom. The molecule has 0 atom stereocenters. The molecular weight excluding hydrogens is 112 g/mol. The van der Waals surface area contributed by atoms with E-state index in [1.54, 1.807) is 0 Å². The second kappa shape index (κ2) is 15.8. The van der Waals surface area contributed by atoms with Crippen molar-refractivity contribution in [2.45, 2.75) is 13.8 Å². The van der Waals surface area contributed by atoms with Gasteiger partial charge in [0.05, 0.1) is 0 Å². The molecule has 52 valence electrons. The van der Waals surface area contributed by atoms with Crippen LogP contribution < -0.4 is 5.32 Å². The van der Waals surface area contributed by atoms with E-state index < -0.39 is 6.93 Å². The van der Waals surface area contributed by atoms with Crippen LogP contribution in [-0.2, 0) is 0 Å². The maximum absolute atomic E-state index is 9.62. The maximum atomic E-state index is 9.62. The van der Waals surface area contributed by atoms with Gasteiger partial charge >= 0.3 is 0 Å². The first-order valence-electron chi connectivity index (χ1n) is 2.66. The minimum absolute atomic E-state index is 1.09. The standard InChI is InChI=1S/C4H11N.CH2F2/c1-3-5-4-2;2-1-3/h5H,3-4H2,1-2H3;1H2. The molecule has 0 aromatic carbocycles. The fraction of sp³-hybridized carbons (Fsp3) is 1.00. The van der Waals surface area contributed by atoms with Gasteiger partial charge in [0.1, 0.15) is 0 Å². The largest absolute Gasteiger partial charge is 0.317 e. The highest BCUT2D eigenvalue weighted by Gasteiger charge is 1.62. The zero-order valence-corrected chi connectivity index (χ0v) is 5.38. The van der Waals surface area contributed by atoms with Crippen LogP contribution in [0.4, 0.5) is 8.78 Å². The van der Waals surface area contributed by atoms with Gasteiger partial charge in [-0.25, -0.2) is 8.78 Å². The zero-order chi connectivity index (χ0) is 6.83. The van der Waals surface area contributed by atoms with E-state index in [-0.39, 0.29) is 0 Å². The molecule has 0 spiro atoms. The van der Waals surface area contributed by atoms with Gasteiger partial charge in [-0.05, 0) is 13.1 Å². The molecule has 3 heteroatoms. The molecule has 0 radical (unpaired) electrons. The van der Waals surface area contributed by atoms with Crippen LogP contribution in [0.3, 0.4) is 0 Å². The summed E-state index contributed by atoms with van der Waals surface area (Å²) in [4.78, 5) is 0. The fourth-order valence-corrected chi connectivity index (χ4v) is 0.250. The highest BCUT2D eigenvalue weighted by Crippen LogP contribution is 1.56. The third kappa shape index (κ3) is 40.8. The molecule has 0 fully saturated rings. The first-order chi connectivity index (χ1) is 3.83. The SMILES string of the molecule is CCNCC.FCF. The molecule has 0 saturated carbocycles.